The van der Waals surface area contributed by atoms with Gasteiger partial charge < -0.3 is 10.3 Å². The van der Waals surface area contributed by atoms with Crippen molar-refractivity contribution in [2.75, 3.05) is 6.54 Å². The molecule has 0 aliphatic heterocycles. The van der Waals surface area contributed by atoms with Gasteiger partial charge in [0.05, 0.1) is 12.0 Å². The highest BCUT2D eigenvalue weighted by molar-refractivity contribution is 5.10. The number of nitrogens with zero attached hydrogens (tertiary/aromatic N) is 2. The van der Waals surface area contributed by atoms with E-state index in [4.69, 9.17) is 5.73 Å². The van der Waals surface area contributed by atoms with Crippen molar-refractivity contribution in [2.24, 2.45) is 5.73 Å². The monoisotopic (exact) mass is 153 g/mol. The fraction of sp³-hybridized carbons (Fsp3) is 0.625. The van der Waals surface area contributed by atoms with Gasteiger partial charge in [0.15, 0.2) is 0 Å². The van der Waals surface area contributed by atoms with Gasteiger partial charge in [0, 0.05) is 18.8 Å². The Bertz CT molecular complexity index is 227. The molecule has 0 aliphatic carbocycles. The molecule has 0 spiro atoms. The van der Waals surface area contributed by atoms with E-state index in [0.717, 1.165) is 18.7 Å². The first-order valence-corrected chi connectivity index (χ1v) is 4.00. The standard InChI is InChI=1S/C8H15N3/c1-3-8-7(2)10-6-11(8)5-4-9/h6H,3-5,9H2,1-2H3. The van der Waals surface area contributed by atoms with Crippen LogP contribution in [0.25, 0.3) is 0 Å². The highest BCUT2D eigenvalue weighted by Crippen LogP contribution is 2.05. The van der Waals surface area contributed by atoms with E-state index in [-0.39, 0.29) is 0 Å². The van der Waals surface area contributed by atoms with Gasteiger partial charge in [0.2, 0.25) is 0 Å². The van der Waals surface area contributed by atoms with Gasteiger partial charge in [-0.2, -0.15) is 0 Å². The first kappa shape index (κ1) is 8.27. The van der Waals surface area contributed by atoms with Gasteiger partial charge in [-0.25, -0.2) is 4.98 Å². The van der Waals surface area contributed by atoms with Gasteiger partial charge in [0.25, 0.3) is 0 Å². The van der Waals surface area contributed by atoms with Crippen molar-refractivity contribution >= 4 is 0 Å². The number of imidazole rings is 1. The quantitative estimate of drug-likeness (QED) is 0.695. The topological polar surface area (TPSA) is 43.8 Å². The molecule has 0 aliphatic rings. The van der Waals surface area contributed by atoms with Crippen LogP contribution in [-0.2, 0) is 13.0 Å². The summed E-state index contributed by atoms with van der Waals surface area (Å²) in [5.74, 6) is 0. The van der Waals surface area contributed by atoms with Gasteiger partial charge in [-0.15, -0.1) is 0 Å². The Labute approximate surface area is 67.2 Å². The van der Waals surface area contributed by atoms with Gasteiger partial charge in [-0.1, -0.05) is 6.92 Å². The molecule has 0 unspecified atom stereocenters. The lowest BCUT2D eigenvalue weighted by Gasteiger charge is -2.03. The zero-order valence-electron chi connectivity index (χ0n) is 7.17. The summed E-state index contributed by atoms with van der Waals surface area (Å²) in [6.07, 6.45) is 2.90. The molecule has 0 atom stereocenters. The minimum atomic E-state index is 0.683. The highest BCUT2D eigenvalue weighted by Gasteiger charge is 2.02. The van der Waals surface area contributed by atoms with Crippen LogP contribution in [0.2, 0.25) is 0 Å². The first-order valence-electron chi connectivity index (χ1n) is 4.00. The lowest BCUT2D eigenvalue weighted by molar-refractivity contribution is 0.673. The Morgan fingerprint density at radius 1 is 1.64 bits per heavy atom. The van der Waals surface area contributed by atoms with E-state index in [1.807, 2.05) is 13.3 Å². The summed E-state index contributed by atoms with van der Waals surface area (Å²) in [5, 5.41) is 0. The minimum Gasteiger partial charge on any atom is -0.333 e. The molecule has 3 nitrogen and oxygen atoms in total. The summed E-state index contributed by atoms with van der Waals surface area (Å²) >= 11 is 0. The van der Waals surface area contributed by atoms with E-state index in [9.17, 15) is 0 Å². The predicted molar refractivity (Wildman–Crippen MR) is 45.4 cm³/mol. The van der Waals surface area contributed by atoms with E-state index < -0.39 is 0 Å². The number of nitrogens with two attached hydrogens (primary N) is 1. The van der Waals surface area contributed by atoms with E-state index in [0.29, 0.717) is 6.54 Å². The van der Waals surface area contributed by atoms with E-state index in [2.05, 4.69) is 16.5 Å². The Hall–Kier alpha value is -0.830. The Morgan fingerprint density at radius 2 is 2.36 bits per heavy atom. The maximum Gasteiger partial charge on any atom is 0.0951 e. The second-order valence-corrected chi connectivity index (χ2v) is 2.61. The summed E-state index contributed by atoms with van der Waals surface area (Å²) < 4.78 is 2.12. The van der Waals surface area contributed by atoms with Crippen LogP contribution in [0.15, 0.2) is 6.33 Å². The molecule has 0 radical (unpaired) electrons. The number of aromatic nitrogens is 2. The van der Waals surface area contributed by atoms with Crippen LogP contribution >= 0.6 is 0 Å². The molecule has 1 aromatic heterocycles. The summed E-state index contributed by atoms with van der Waals surface area (Å²) in [5.41, 5.74) is 7.87. The van der Waals surface area contributed by atoms with E-state index in [1.165, 1.54) is 5.69 Å². The highest BCUT2D eigenvalue weighted by atomic mass is 15.1. The lowest BCUT2D eigenvalue weighted by atomic mass is 10.3. The molecule has 1 heterocycles. The van der Waals surface area contributed by atoms with E-state index in [1.54, 1.807) is 0 Å². The molecule has 0 fully saturated rings. The van der Waals surface area contributed by atoms with Crippen molar-refractivity contribution in [2.45, 2.75) is 26.8 Å². The molecule has 0 amide bonds. The molecule has 0 bridgehead atoms. The predicted octanol–water partition coefficient (Wildman–Crippen LogP) is 0.713. The van der Waals surface area contributed by atoms with Crippen molar-refractivity contribution in [3.05, 3.63) is 17.7 Å². The Morgan fingerprint density at radius 3 is 2.91 bits per heavy atom. The van der Waals surface area contributed by atoms with Gasteiger partial charge >= 0.3 is 0 Å². The molecular formula is C8H15N3. The summed E-state index contributed by atoms with van der Waals surface area (Å²) in [6, 6.07) is 0. The normalized spacial score (nSPS) is 10.5. The van der Waals surface area contributed by atoms with Crippen molar-refractivity contribution in [3.8, 4) is 0 Å². The summed E-state index contributed by atoms with van der Waals surface area (Å²) in [7, 11) is 0. The van der Waals surface area contributed by atoms with Crippen LogP contribution in [0.4, 0.5) is 0 Å². The lowest BCUT2D eigenvalue weighted by Crippen LogP contribution is -2.11. The number of aryl methyl sites for hydroxylation is 1. The zero-order valence-corrected chi connectivity index (χ0v) is 7.17. The van der Waals surface area contributed by atoms with Gasteiger partial charge in [0.1, 0.15) is 0 Å². The van der Waals surface area contributed by atoms with Crippen LogP contribution in [0.1, 0.15) is 18.3 Å². The molecule has 1 rings (SSSR count). The van der Waals surface area contributed by atoms with Crippen molar-refractivity contribution in [3.63, 3.8) is 0 Å². The van der Waals surface area contributed by atoms with Gasteiger partial charge in [-0.05, 0) is 13.3 Å². The Kier molecular flexibility index (Phi) is 2.65. The fourth-order valence-corrected chi connectivity index (χ4v) is 1.30. The molecule has 0 aromatic carbocycles. The minimum absolute atomic E-state index is 0.683. The molecule has 11 heavy (non-hydrogen) atoms. The summed E-state index contributed by atoms with van der Waals surface area (Å²) in [4.78, 5) is 4.21. The number of hydrogen-bond acceptors (Lipinski definition) is 2. The second-order valence-electron chi connectivity index (χ2n) is 2.61. The van der Waals surface area contributed by atoms with Gasteiger partial charge in [-0.3, -0.25) is 0 Å². The molecule has 0 saturated carbocycles. The maximum absolute atomic E-state index is 5.44. The molecule has 2 N–H and O–H groups in total. The third kappa shape index (κ3) is 1.60. The average Bonchev–Trinajstić information content (AvgIpc) is 2.33. The van der Waals surface area contributed by atoms with Crippen LogP contribution in [0.3, 0.4) is 0 Å². The largest absolute Gasteiger partial charge is 0.333 e. The SMILES string of the molecule is CCc1c(C)ncn1CCN. The van der Waals surface area contributed by atoms with Crippen molar-refractivity contribution < 1.29 is 0 Å². The molecule has 62 valence electrons. The summed E-state index contributed by atoms with van der Waals surface area (Å²) in [6.45, 7) is 5.73. The van der Waals surface area contributed by atoms with Crippen LogP contribution in [0.5, 0.6) is 0 Å². The maximum atomic E-state index is 5.44. The first-order chi connectivity index (χ1) is 5.29. The average molecular weight is 153 g/mol. The van der Waals surface area contributed by atoms with Crippen LogP contribution in [-0.4, -0.2) is 16.1 Å². The number of rotatable bonds is 3. The van der Waals surface area contributed by atoms with Crippen molar-refractivity contribution in [1.29, 1.82) is 0 Å². The zero-order chi connectivity index (χ0) is 8.27. The molecular weight excluding hydrogens is 138 g/mol. The molecule has 1 aromatic rings. The molecule has 0 saturated heterocycles. The van der Waals surface area contributed by atoms with Crippen LogP contribution in [0, 0.1) is 6.92 Å². The Balaban J connectivity index is 2.86. The molecule has 3 heteroatoms. The number of hydrogen-bond donors (Lipinski definition) is 1. The fourth-order valence-electron chi connectivity index (χ4n) is 1.30. The second kappa shape index (κ2) is 3.53. The van der Waals surface area contributed by atoms with Crippen molar-refractivity contribution in [1.82, 2.24) is 9.55 Å². The van der Waals surface area contributed by atoms with E-state index >= 15 is 0 Å². The van der Waals surface area contributed by atoms with Crippen LogP contribution < -0.4 is 5.73 Å². The smallest absolute Gasteiger partial charge is 0.0951 e. The third-order valence-corrected chi connectivity index (χ3v) is 1.86. The third-order valence-electron chi connectivity index (χ3n) is 1.86.